The van der Waals surface area contributed by atoms with Gasteiger partial charge in [0, 0.05) is 18.2 Å². The molecule has 7 heteroatoms. The van der Waals surface area contributed by atoms with Gasteiger partial charge in [0.15, 0.2) is 0 Å². The third kappa shape index (κ3) is 3.63. The minimum absolute atomic E-state index is 0.181. The number of aromatic nitrogens is 1. The minimum atomic E-state index is -0.667. The third-order valence-corrected chi connectivity index (χ3v) is 5.66. The lowest BCUT2D eigenvalue weighted by Crippen LogP contribution is -2.48. The molecule has 1 fully saturated rings. The lowest BCUT2D eigenvalue weighted by atomic mass is 10.1. The van der Waals surface area contributed by atoms with Crippen molar-refractivity contribution in [1.29, 1.82) is 0 Å². The standard InChI is InChI=1S/C24H20FN3O3/c25-17-10-8-16(9-11-17)23(29)28-15-19-13-21(28)24(30)27(14-18-5-3-4-12-26-18)20-6-1-2-7-22(20)31-19/h1-12,19,21H,13-15H2/t19-,21-/m0/s1. The first kappa shape index (κ1) is 19.2. The van der Waals surface area contributed by atoms with E-state index in [1.165, 1.54) is 29.2 Å². The lowest BCUT2D eigenvalue weighted by Gasteiger charge is -2.31. The van der Waals surface area contributed by atoms with Crippen molar-refractivity contribution in [3.63, 3.8) is 0 Å². The van der Waals surface area contributed by atoms with Gasteiger partial charge in [-0.15, -0.1) is 0 Å². The molecule has 2 aromatic carbocycles. The Balaban J connectivity index is 1.52. The molecule has 1 saturated heterocycles. The molecule has 0 unspecified atom stereocenters. The normalized spacial score (nSPS) is 20.0. The maximum atomic E-state index is 13.7. The van der Waals surface area contributed by atoms with E-state index in [9.17, 15) is 14.0 Å². The zero-order chi connectivity index (χ0) is 21.4. The van der Waals surface area contributed by atoms with Gasteiger partial charge in [0.2, 0.25) is 5.91 Å². The Morgan fingerprint density at radius 2 is 1.84 bits per heavy atom. The molecule has 31 heavy (non-hydrogen) atoms. The van der Waals surface area contributed by atoms with Crippen LogP contribution in [-0.4, -0.2) is 40.4 Å². The summed E-state index contributed by atoms with van der Waals surface area (Å²) >= 11 is 0. The van der Waals surface area contributed by atoms with Gasteiger partial charge in [0.05, 0.1) is 24.5 Å². The predicted octanol–water partition coefficient (Wildman–Crippen LogP) is 3.43. The highest BCUT2D eigenvalue weighted by Gasteiger charge is 2.45. The molecule has 3 aromatic rings. The number of pyridine rings is 1. The smallest absolute Gasteiger partial charge is 0.254 e. The number of fused-ring (bicyclic) bond motifs is 3. The molecular weight excluding hydrogens is 397 g/mol. The van der Waals surface area contributed by atoms with Crippen molar-refractivity contribution < 1.29 is 18.7 Å². The van der Waals surface area contributed by atoms with Crippen LogP contribution in [0.1, 0.15) is 22.5 Å². The van der Waals surface area contributed by atoms with Gasteiger partial charge in [-0.3, -0.25) is 14.6 Å². The lowest BCUT2D eigenvalue weighted by molar-refractivity contribution is -0.122. The van der Waals surface area contributed by atoms with E-state index in [1.807, 2.05) is 42.5 Å². The van der Waals surface area contributed by atoms with Crippen LogP contribution in [0.3, 0.4) is 0 Å². The number of anilines is 1. The van der Waals surface area contributed by atoms with Crippen LogP contribution in [0.2, 0.25) is 0 Å². The van der Waals surface area contributed by atoms with Gasteiger partial charge in [-0.25, -0.2) is 4.39 Å². The van der Waals surface area contributed by atoms with E-state index in [1.54, 1.807) is 11.1 Å². The van der Waals surface area contributed by atoms with Crippen LogP contribution < -0.4 is 9.64 Å². The fourth-order valence-electron chi connectivity index (χ4n) is 4.17. The van der Waals surface area contributed by atoms with E-state index in [-0.39, 0.29) is 24.5 Å². The van der Waals surface area contributed by atoms with E-state index in [4.69, 9.17) is 4.74 Å². The number of para-hydroxylation sites is 2. The molecule has 2 aliphatic rings. The summed E-state index contributed by atoms with van der Waals surface area (Å²) in [5.74, 6) is -0.305. The number of hydrogen-bond acceptors (Lipinski definition) is 4. The Hall–Kier alpha value is -3.74. The Morgan fingerprint density at radius 1 is 1.06 bits per heavy atom. The minimum Gasteiger partial charge on any atom is -0.486 e. The van der Waals surface area contributed by atoms with Crippen molar-refractivity contribution in [3.05, 3.63) is 90.0 Å². The number of carbonyl (C=O) groups is 2. The molecule has 5 rings (SSSR count). The summed E-state index contributed by atoms with van der Waals surface area (Å²) < 4.78 is 19.5. The van der Waals surface area contributed by atoms with Crippen molar-refractivity contribution >= 4 is 17.5 Å². The van der Waals surface area contributed by atoms with E-state index >= 15 is 0 Å². The molecule has 156 valence electrons. The highest BCUT2D eigenvalue weighted by atomic mass is 19.1. The number of rotatable bonds is 3. The zero-order valence-electron chi connectivity index (χ0n) is 16.6. The molecule has 0 saturated carbocycles. The summed E-state index contributed by atoms with van der Waals surface area (Å²) in [5.41, 5.74) is 1.73. The second-order valence-electron chi connectivity index (χ2n) is 7.67. The molecule has 0 radical (unpaired) electrons. The number of nitrogens with zero attached hydrogens (tertiary/aromatic N) is 3. The summed E-state index contributed by atoms with van der Waals surface area (Å²) in [6.45, 7) is 0.554. The summed E-state index contributed by atoms with van der Waals surface area (Å²) in [6, 6.07) is 17.6. The maximum absolute atomic E-state index is 13.7. The quantitative estimate of drug-likeness (QED) is 0.655. The highest BCUT2D eigenvalue weighted by Crippen LogP contribution is 2.37. The summed E-state index contributed by atoms with van der Waals surface area (Å²) in [4.78, 5) is 34.4. The second kappa shape index (κ2) is 7.83. The van der Waals surface area contributed by atoms with Gasteiger partial charge in [-0.2, -0.15) is 0 Å². The fraction of sp³-hybridized carbons (Fsp3) is 0.208. The van der Waals surface area contributed by atoms with Crippen LogP contribution in [0.4, 0.5) is 10.1 Å². The van der Waals surface area contributed by atoms with Crippen molar-refractivity contribution in [2.45, 2.75) is 25.1 Å². The zero-order valence-corrected chi connectivity index (χ0v) is 16.6. The number of benzene rings is 2. The van der Waals surface area contributed by atoms with Crippen LogP contribution in [0.25, 0.3) is 0 Å². The van der Waals surface area contributed by atoms with Crippen LogP contribution in [0, 0.1) is 5.82 Å². The number of amides is 2. The van der Waals surface area contributed by atoms with Crippen LogP contribution in [0.5, 0.6) is 5.75 Å². The summed E-state index contributed by atoms with van der Waals surface area (Å²) in [7, 11) is 0. The average molecular weight is 417 g/mol. The van der Waals surface area contributed by atoms with E-state index in [2.05, 4.69) is 4.98 Å². The van der Waals surface area contributed by atoms with Crippen LogP contribution >= 0.6 is 0 Å². The van der Waals surface area contributed by atoms with Gasteiger partial charge in [-0.1, -0.05) is 18.2 Å². The van der Waals surface area contributed by atoms with Crippen molar-refractivity contribution in [2.75, 3.05) is 11.4 Å². The van der Waals surface area contributed by atoms with Gasteiger partial charge >= 0.3 is 0 Å². The highest BCUT2D eigenvalue weighted by molar-refractivity contribution is 6.03. The van der Waals surface area contributed by atoms with Gasteiger partial charge in [0.25, 0.3) is 5.91 Å². The van der Waals surface area contributed by atoms with Gasteiger partial charge in [0.1, 0.15) is 23.7 Å². The predicted molar refractivity (Wildman–Crippen MR) is 112 cm³/mol. The molecule has 2 bridgehead atoms. The molecule has 6 nitrogen and oxygen atoms in total. The first-order valence-electron chi connectivity index (χ1n) is 10.1. The molecule has 2 aliphatic heterocycles. The number of hydrogen-bond donors (Lipinski definition) is 0. The fourth-order valence-corrected chi connectivity index (χ4v) is 4.17. The number of ether oxygens (including phenoxy) is 1. The molecular formula is C24H20FN3O3. The third-order valence-electron chi connectivity index (χ3n) is 5.66. The molecule has 0 N–H and O–H groups in total. The van der Waals surface area contributed by atoms with E-state index in [0.29, 0.717) is 30.0 Å². The first-order valence-corrected chi connectivity index (χ1v) is 10.1. The monoisotopic (exact) mass is 417 g/mol. The second-order valence-corrected chi connectivity index (χ2v) is 7.67. The Kier molecular flexibility index (Phi) is 4.86. The molecule has 0 spiro atoms. The van der Waals surface area contributed by atoms with Crippen LogP contribution in [-0.2, 0) is 11.3 Å². The SMILES string of the molecule is O=C1[C@@H]2C[C@@H](CN2C(=O)c2ccc(F)cc2)Oc2ccccc2N1Cc1ccccn1. The first-order chi connectivity index (χ1) is 15.1. The summed E-state index contributed by atoms with van der Waals surface area (Å²) in [5, 5.41) is 0. The number of halogens is 1. The van der Waals surface area contributed by atoms with Crippen LogP contribution in [0.15, 0.2) is 72.9 Å². The van der Waals surface area contributed by atoms with Crippen molar-refractivity contribution in [2.24, 2.45) is 0 Å². The molecule has 2 atom stereocenters. The van der Waals surface area contributed by atoms with E-state index in [0.717, 1.165) is 5.69 Å². The maximum Gasteiger partial charge on any atom is 0.254 e. The molecule has 3 heterocycles. The van der Waals surface area contributed by atoms with Gasteiger partial charge < -0.3 is 14.5 Å². The van der Waals surface area contributed by atoms with Gasteiger partial charge in [-0.05, 0) is 48.5 Å². The molecule has 2 amide bonds. The van der Waals surface area contributed by atoms with Crippen molar-refractivity contribution in [1.82, 2.24) is 9.88 Å². The molecule has 0 aliphatic carbocycles. The topological polar surface area (TPSA) is 62.7 Å². The molecule has 1 aromatic heterocycles. The number of likely N-dealkylation sites (tertiary alicyclic amines) is 1. The Labute approximate surface area is 178 Å². The summed E-state index contributed by atoms with van der Waals surface area (Å²) in [6.07, 6.45) is 1.79. The number of carbonyl (C=O) groups excluding carboxylic acids is 2. The Morgan fingerprint density at radius 3 is 2.61 bits per heavy atom. The van der Waals surface area contributed by atoms with Crippen molar-refractivity contribution in [3.8, 4) is 5.75 Å². The average Bonchev–Trinajstić information content (AvgIpc) is 3.22. The Bertz CT molecular complexity index is 1120. The largest absolute Gasteiger partial charge is 0.486 e. The van der Waals surface area contributed by atoms with E-state index < -0.39 is 11.9 Å².